The predicted molar refractivity (Wildman–Crippen MR) is 54.1 cm³/mol. The summed E-state index contributed by atoms with van der Waals surface area (Å²) in [5, 5.41) is 19.3. The van der Waals surface area contributed by atoms with Crippen LogP contribution in [0, 0.1) is 10.1 Å². The van der Waals surface area contributed by atoms with Gasteiger partial charge in [0.15, 0.2) is 0 Å². The lowest BCUT2D eigenvalue weighted by molar-refractivity contribution is -0.384. The minimum atomic E-state index is -1.12. The number of aromatic carboxylic acids is 1. The first-order valence-corrected chi connectivity index (χ1v) is 4.57. The summed E-state index contributed by atoms with van der Waals surface area (Å²) in [5.74, 6) is -1.12. The lowest BCUT2D eigenvalue weighted by Crippen LogP contribution is -2.03. The molecule has 0 aromatic heterocycles. The van der Waals surface area contributed by atoms with E-state index in [1.807, 2.05) is 6.92 Å². The van der Waals surface area contributed by atoms with Crippen LogP contribution in [0.4, 0.5) is 5.69 Å². The van der Waals surface area contributed by atoms with Gasteiger partial charge in [0, 0.05) is 12.1 Å². The number of rotatable bonds is 4. The number of benzene rings is 1. The van der Waals surface area contributed by atoms with Gasteiger partial charge in [0.1, 0.15) is 0 Å². The maximum absolute atomic E-state index is 10.8. The monoisotopic (exact) mass is 209 g/mol. The van der Waals surface area contributed by atoms with Crippen LogP contribution >= 0.6 is 0 Å². The molecule has 0 bridgehead atoms. The topological polar surface area (TPSA) is 80.4 Å². The van der Waals surface area contributed by atoms with Gasteiger partial charge in [-0.3, -0.25) is 10.1 Å². The Morgan fingerprint density at radius 3 is 2.67 bits per heavy atom. The first kappa shape index (κ1) is 11.2. The Balaban J connectivity index is 3.20. The van der Waals surface area contributed by atoms with Gasteiger partial charge in [-0.1, -0.05) is 19.4 Å². The van der Waals surface area contributed by atoms with Gasteiger partial charge in [-0.05, 0) is 12.0 Å². The van der Waals surface area contributed by atoms with E-state index in [9.17, 15) is 14.9 Å². The van der Waals surface area contributed by atoms with Crippen molar-refractivity contribution in [3.8, 4) is 0 Å². The van der Waals surface area contributed by atoms with Crippen molar-refractivity contribution in [1.29, 1.82) is 0 Å². The third kappa shape index (κ3) is 2.52. The van der Waals surface area contributed by atoms with Crippen molar-refractivity contribution >= 4 is 11.7 Å². The molecule has 15 heavy (non-hydrogen) atoms. The van der Waals surface area contributed by atoms with Crippen molar-refractivity contribution in [1.82, 2.24) is 0 Å². The Kier molecular flexibility index (Phi) is 3.38. The van der Waals surface area contributed by atoms with Gasteiger partial charge in [0.05, 0.1) is 10.5 Å². The van der Waals surface area contributed by atoms with E-state index in [0.29, 0.717) is 12.0 Å². The minimum Gasteiger partial charge on any atom is -0.478 e. The first-order valence-electron chi connectivity index (χ1n) is 4.57. The molecule has 0 unspecified atom stereocenters. The molecule has 0 saturated heterocycles. The Hall–Kier alpha value is -1.91. The van der Waals surface area contributed by atoms with Crippen molar-refractivity contribution in [3.63, 3.8) is 0 Å². The number of nitro groups is 1. The number of non-ortho nitro benzene ring substituents is 1. The number of nitro benzene ring substituents is 1. The minimum absolute atomic E-state index is 0.0195. The molecule has 0 atom stereocenters. The molecule has 80 valence electrons. The highest BCUT2D eigenvalue weighted by molar-refractivity contribution is 5.90. The second-order valence-corrected chi connectivity index (χ2v) is 3.15. The SMILES string of the molecule is CCCc1ccc([N+](=O)[O-])cc1C(=O)O. The van der Waals surface area contributed by atoms with Crippen molar-refractivity contribution in [2.75, 3.05) is 0 Å². The number of hydrogen-bond donors (Lipinski definition) is 1. The molecule has 5 nitrogen and oxygen atoms in total. The Bertz CT molecular complexity index is 400. The zero-order valence-corrected chi connectivity index (χ0v) is 8.27. The number of nitrogens with zero attached hydrogens (tertiary/aromatic N) is 1. The van der Waals surface area contributed by atoms with E-state index >= 15 is 0 Å². The van der Waals surface area contributed by atoms with Crippen LogP contribution in [0.3, 0.4) is 0 Å². The van der Waals surface area contributed by atoms with E-state index in [0.717, 1.165) is 12.5 Å². The fourth-order valence-electron chi connectivity index (χ4n) is 1.36. The molecule has 0 heterocycles. The van der Waals surface area contributed by atoms with Crippen LogP contribution < -0.4 is 0 Å². The molecule has 1 N–H and O–H groups in total. The lowest BCUT2D eigenvalue weighted by Gasteiger charge is -2.03. The summed E-state index contributed by atoms with van der Waals surface area (Å²) < 4.78 is 0. The highest BCUT2D eigenvalue weighted by atomic mass is 16.6. The summed E-state index contributed by atoms with van der Waals surface area (Å²) in [7, 11) is 0. The molecule has 1 aromatic rings. The van der Waals surface area contributed by atoms with Gasteiger partial charge in [0.2, 0.25) is 0 Å². The summed E-state index contributed by atoms with van der Waals surface area (Å²) >= 11 is 0. The molecule has 0 radical (unpaired) electrons. The molecule has 1 rings (SSSR count). The highest BCUT2D eigenvalue weighted by Crippen LogP contribution is 2.19. The molecule has 0 aliphatic heterocycles. The number of carboxylic acid groups (broad SMARTS) is 1. The van der Waals surface area contributed by atoms with Crippen molar-refractivity contribution in [3.05, 3.63) is 39.4 Å². The van der Waals surface area contributed by atoms with Crippen LogP contribution in [0.1, 0.15) is 29.3 Å². The third-order valence-electron chi connectivity index (χ3n) is 2.05. The summed E-state index contributed by atoms with van der Waals surface area (Å²) in [6.07, 6.45) is 1.41. The maximum atomic E-state index is 10.8. The number of hydrogen-bond acceptors (Lipinski definition) is 3. The second kappa shape index (κ2) is 4.54. The van der Waals surface area contributed by atoms with Crippen molar-refractivity contribution in [2.45, 2.75) is 19.8 Å². The number of carboxylic acids is 1. The van der Waals surface area contributed by atoms with E-state index in [2.05, 4.69) is 0 Å². The maximum Gasteiger partial charge on any atom is 0.336 e. The Morgan fingerprint density at radius 2 is 2.20 bits per heavy atom. The van der Waals surface area contributed by atoms with Crippen LogP contribution in [0.2, 0.25) is 0 Å². The molecule has 0 aliphatic carbocycles. The van der Waals surface area contributed by atoms with Crippen LogP contribution in [-0.4, -0.2) is 16.0 Å². The summed E-state index contributed by atoms with van der Waals surface area (Å²) in [6.45, 7) is 1.92. The second-order valence-electron chi connectivity index (χ2n) is 3.15. The largest absolute Gasteiger partial charge is 0.478 e. The zero-order valence-electron chi connectivity index (χ0n) is 8.27. The van der Waals surface area contributed by atoms with E-state index in [-0.39, 0.29) is 11.3 Å². The van der Waals surface area contributed by atoms with Crippen LogP contribution in [0.15, 0.2) is 18.2 Å². The average molecular weight is 209 g/mol. The standard InChI is InChI=1S/C10H11NO4/c1-2-3-7-4-5-8(11(14)15)6-9(7)10(12)13/h4-6H,2-3H2,1H3,(H,12,13). The third-order valence-corrected chi connectivity index (χ3v) is 2.05. The molecule has 0 aliphatic rings. The van der Waals surface area contributed by atoms with E-state index in [4.69, 9.17) is 5.11 Å². The molecule has 0 amide bonds. The average Bonchev–Trinajstić information content (AvgIpc) is 2.18. The molecular formula is C10H11NO4. The van der Waals surface area contributed by atoms with Gasteiger partial charge in [-0.15, -0.1) is 0 Å². The Morgan fingerprint density at radius 1 is 1.53 bits per heavy atom. The van der Waals surface area contributed by atoms with Crippen LogP contribution in [0.5, 0.6) is 0 Å². The fraction of sp³-hybridized carbons (Fsp3) is 0.300. The highest BCUT2D eigenvalue weighted by Gasteiger charge is 2.14. The van der Waals surface area contributed by atoms with Gasteiger partial charge in [0.25, 0.3) is 5.69 Å². The smallest absolute Gasteiger partial charge is 0.336 e. The van der Waals surface area contributed by atoms with E-state index in [1.54, 1.807) is 0 Å². The molecule has 0 fully saturated rings. The number of aryl methyl sites for hydroxylation is 1. The number of carbonyl (C=O) groups is 1. The summed E-state index contributed by atoms with van der Waals surface area (Å²) in [5.41, 5.74) is 0.467. The van der Waals surface area contributed by atoms with E-state index < -0.39 is 10.9 Å². The van der Waals surface area contributed by atoms with E-state index in [1.165, 1.54) is 12.1 Å². The molecular weight excluding hydrogens is 198 g/mol. The fourth-order valence-corrected chi connectivity index (χ4v) is 1.36. The van der Waals surface area contributed by atoms with Gasteiger partial charge in [-0.2, -0.15) is 0 Å². The van der Waals surface area contributed by atoms with Gasteiger partial charge >= 0.3 is 5.97 Å². The molecule has 0 spiro atoms. The Labute approximate surface area is 86.5 Å². The van der Waals surface area contributed by atoms with Crippen LogP contribution in [-0.2, 0) is 6.42 Å². The lowest BCUT2D eigenvalue weighted by atomic mass is 10.0. The first-order chi connectivity index (χ1) is 7.06. The van der Waals surface area contributed by atoms with Gasteiger partial charge in [-0.25, -0.2) is 4.79 Å². The molecule has 1 aromatic carbocycles. The van der Waals surface area contributed by atoms with Crippen molar-refractivity contribution in [2.24, 2.45) is 0 Å². The van der Waals surface area contributed by atoms with Crippen LogP contribution in [0.25, 0.3) is 0 Å². The van der Waals surface area contributed by atoms with Crippen molar-refractivity contribution < 1.29 is 14.8 Å². The quantitative estimate of drug-likeness (QED) is 0.609. The zero-order chi connectivity index (χ0) is 11.4. The predicted octanol–water partition coefficient (Wildman–Crippen LogP) is 2.25. The van der Waals surface area contributed by atoms with Gasteiger partial charge < -0.3 is 5.11 Å². The molecule has 0 saturated carbocycles. The molecule has 5 heteroatoms. The summed E-state index contributed by atoms with van der Waals surface area (Å²) in [4.78, 5) is 20.7. The summed E-state index contributed by atoms with van der Waals surface area (Å²) in [6, 6.07) is 3.94. The normalized spacial score (nSPS) is 9.93.